The molecule has 1 aliphatic heterocycles. The fraction of sp³-hybridized carbons (Fsp3) is 0.412. The Balaban J connectivity index is 1.59. The van der Waals surface area contributed by atoms with E-state index < -0.39 is 0 Å². The molecule has 0 fully saturated rings. The number of rotatable bonds is 6. The SMILES string of the molecule is COc1cc2c(cc1OC)CN(CCNc1ncccn1)CC2. The highest BCUT2D eigenvalue weighted by atomic mass is 16.5. The van der Waals surface area contributed by atoms with Crippen molar-refractivity contribution in [2.24, 2.45) is 0 Å². The Kier molecular flexibility index (Phi) is 4.92. The largest absolute Gasteiger partial charge is 0.493 e. The number of nitrogens with zero attached hydrogens (tertiary/aromatic N) is 3. The van der Waals surface area contributed by atoms with Gasteiger partial charge in [-0.1, -0.05) is 0 Å². The Morgan fingerprint density at radius 3 is 2.48 bits per heavy atom. The van der Waals surface area contributed by atoms with Crippen LogP contribution < -0.4 is 14.8 Å². The molecule has 0 amide bonds. The normalized spacial score (nSPS) is 14.2. The molecule has 2 aromatic rings. The van der Waals surface area contributed by atoms with Crippen LogP contribution >= 0.6 is 0 Å². The minimum Gasteiger partial charge on any atom is -0.493 e. The lowest BCUT2D eigenvalue weighted by Crippen LogP contribution is -2.34. The first-order valence-corrected chi connectivity index (χ1v) is 7.77. The van der Waals surface area contributed by atoms with Gasteiger partial charge in [0.2, 0.25) is 5.95 Å². The van der Waals surface area contributed by atoms with Gasteiger partial charge in [-0.2, -0.15) is 0 Å². The summed E-state index contributed by atoms with van der Waals surface area (Å²) in [5.74, 6) is 2.28. The van der Waals surface area contributed by atoms with Crippen LogP contribution in [0.15, 0.2) is 30.6 Å². The summed E-state index contributed by atoms with van der Waals surface area (Å²) in [7, 11) is 3.35. The summed E-state index contributed by atoms with van der Waals surface area (Å²) in [6.07, 6.45) is 4.51. The van der Waals surface area contributed by atoms with Crippen LogP contribution in [0.1, 0.15) is 11.1 Å². The molecular formula is C17H22N4O2. The lowest BCUT2D eigenvalue weighted by atomic mass is 9.99. The second kappa shape index (κ2) is 7.28. The molecule has 1 aliphatic rings. The number of hydrogen-bond acceptors (Lipinski definition) is 6. The molecule has 1 aromatic carbocycles. The number of benzene rings is 1. The average molecular weight is 314 g/mol. The van der Waals surface area contributed by atoms with Gasteiger partial charge in [-0.25, -0.2) is 9.97 Å². The monoisotopic (exact) mass is 314 g/mol. The van der Waals surface area contributed by atoms with E-state index in [-0.39, 0.29) is 0 Å². The molecule has 0 unspecified atom stereocenters. The van der Waals surface area contributed by atoms with Crippen molar-refractivity contribution in [1.82, 2.24) is 14.9 Å². The fourth-order valence-corrected chi connectivity index (χ4v) is 2.85. The number of methoxy groups -OCH3 is 2. The third-order valence-corrected chi connectivity index (χ3v) is 4.07. The third-order valence-electron chi connectivity index (χ3n) is 4.07. The number of fused-ring (bicyclic) bond motifs is 1. The van der Waals surface area contributed by atoms with E-state index in [9.17, 15) is 0 Å². The van der Waals surface area contributed by atoms with Gasteiger partial charge >= 0.3 is 0 Å². The van der Waals surface area contributed by atoms with Crippen molar-refractivity contribution in [3.63, 3.8) is 0 Å². The van der Waals surface area contributed by atoms with Crippen LogP contribution in [0.5, 0.6) is 11.5 Å². The minimum atomic E-state index is 0.677. The Labute approximate surface area is 136 Å². The van der Waals surface area contributed by atoms with Gasteiger partial charge in [-0.3, -0.25) is 4.90 Å². The standard InChI is InChI=1S/C17H22N4O2/c1-22-15-10-13-4-8-21(12-14(13)11-16(15)23-2)9-7-20-17-18-5-3-6-19-17/h3,5-6,10-11H,4,7-9,12H2,1-2H3,(H,18,19,20). The van der Waals surface area contributed by atoms with E-state index in [1.54, 1.807) is 26.6 Å². The molecule has 0 atom stereocenters. The summed E-state index contributed by atoms with van der Waals surface area (Å²) in [6.45, 7) is 3.74. The highest BCUT2D eigenvalue weighted by Gasteiger charge is 2.19. The average Bonchev–Trinajstić information content (AvgIpc) is 2.61. The molecule has 0 spiro atoms. The van der Waals surface area contributed by atoms with Gasteiger partial charge < -0.3 is 14.8 Å². The van der Waals surface area contributed by atoms with E-state index in [0.29, 0.717) is 5.95 Å². The maximum Gasteiger partial charge on any atom is 0.222 e. The van der Waals surface area contributed by atoms with Gasteiger partial charge in [0.15, 0.2) is 11.5 Å². The topological polar surface area (TPSA) is 59.5 Å². The predicted octanol–water partition coefficient (Wildman–Crippen LogP) is 1.96. The zero-order valence-electron chi connectivity index (χ0n) is 13.6. The van der Waals surface area contributed by atoms with E-state index >= 15 is 0 Å². The van der Waals surface area contributed by atoms with Crippen molar-refractivity contribution in [3.8, 4) is 11.5 Å². The molecule has 0 saturated heterocycles. The van der Waals surface area contributed by atoms with Crippen molar-refractivity contribution >= 4 is 5.95 Å². The van der Waals surface area contributed by atoms with Gasteiger partial charge in [0.05, 0.1) is 14.2 Å². The molecular weight excluding hydrogens is 292 g/mol. The first-order chi connectivity index (χ1) is 11.3. The van der Waals surface area contributed by atoms with Crippen molar-refractivity contribution in [1.29, 1.82) is 0 Å². The zero-order valence-corrected chi connectivity index (χ0v) is 13.6. The van der Waals surface area contributed by atoms with Crippen molar-refractivity contribution in [2.45, 2.75) is 13.0 Å². The third kappa shape index (κ3) is 3.71. The Morgan fingerprint density at radius 1 is 1.09 bits per heavy atom. The zero-order chi connectivity index (χ0) is 16.1. The number of hydrogen-bond donors (Lipinski definition) is 1. The quantitative estimate of drug-likeness (QED) is 0.879. The van der Waals surface area contributed by atoms with Crippen LogP contribution in [0, 0.1) is 0 Å². The summed E-state index contributed by atoms with van der Waals surface area (Å²) in [5.41, 5.74) is 2.66. The highest BCUT2D eigenvalue weighted by Crippen LogP contribution is 2.33. The number of ether oxygens (including phenoxy) is 2. The molecule has 6 nitrogen and oxygen atoms in total. The molecule has 0 bridgehead atoms. The molecule has 122 valence electrons. The van der Waals surface area contributed by atoms with Crippen LogP contribution in [-0.2, 0) is 13.0 Å². The van der Waals surface area contributed by atoms with E-state index in [4.69, 9.17) is 9.47 Å². The van der Waals surface area contributed by atoms with Crippen LogP contribution in [0.25, 0.3) is 0 Å². The molecule has 0 radical (unpaired) electrons. The Morgan fingerprint density at radius 2 is 1.78 bits per heavy atom. The lowest BCUT2D eigenvalue weighted by molar-refractivity contribution is 0.262. The van der Waals surface area contributed by atoms with Crippen molar-refractivity contribution in [2.75, 3.05) is 39.2 Å². The first kappa shape index (κ1) is 15.6. The van der Waals surface area contributed by atoms with Crippen molar-refractivity contribution < 1.29 is 9.47 Å². The molecule has 0 saturated carbocycles. The summed E-state index contributed by atoms with van der Waals surface area (Å²) in [4.78, 5) is 10.8. The minimum absolute atomic E-state index is 0.677. The van der Waals surface area contributed by atoms with Crippen LogP contribution in [0.4, 0.5) is 5.95 Å². The molecule has 0 aliphatic carbocycles. The smallest absolute Gasteiger partial charge is 0.222 e. The molecule has 1 aromatic heterocycles. The molecule has 23 heavy (non-hydrogen) atoms. The van der Waals surface area contributed by atoms with E-state index in [2.05, 4.69) is 32.3 Å². The number of anilines is 1. The van der Waals surface area contributed by atoms with Gasteiger partial charge in [0, 0.05) is 38.6 Å². The summed E-state index contributed by atoms with van der Waals surface area (Å²) in [6, 6.07) is 6.00. The van der Waals surface area contributed by atoms with Gasteiger partial charge in [-0.15, -0.1) is 0 Å². The second-order valence-corrected chi connectivity index (χ2v) is 5.50. The van der Waals surface area contributed by atoms with Gasteiger partial charge in [0.1, 0.15) is 0 Å². The Bertz CT molecular complexity index is 649. The number of aromatic nitrogens is 2. The van der Waals surface area contributed by atoms with E-state index in [1.807, 2.05) is 6.07 Å². The second-order valence-electron chi connectivity index (χ2n) is 5.50. The van der Waals surface area contributed by atoms with Crippen molar-refractivity contribution in [3.05, 3.63) is 41.7 Å². The van der Waals surface area contributed by atoms with Crippen LogP contribution in [-0.4, -0.2) is 48.7 Å². The molecule has 2 heterocycles. The predicted molar refractivity (Wildman–Crippen MR) is 89.0 cm³/mol. The summed E-state index contributed by atoms with van der Waals surface area (Å²) < 4.78 is 10.8. The maximum absolute atomic E-state index is 5.40. The lowest BCUT2D eigenvalue weighted by Gasteiger charge is -2.29. The highest BCUT2D eigenvalue weighted by molar-refractivity contribution is 5.48. The number of nitrogens with one attached hydrogen (secondary N) is 1. The van der Waals surface area contributed by atoms with Gasteiger partial charge in [-0.05, 0) is 35.7 Å². The Hall–Kier alpha value is -2.34. The summed E-state index contributed by atoms with van der Waals surface area (Å²) in [5, 5.41) is 3.25. The van der Waals surface area contributed by atoms with Gasteiger partial charge in [0.25, 0.3) is 0 Å². The molecule has 1 N–H and O–H groups in total. The first-order valence-electron chi connectivity index (χ1n) is 7.77. The summed E-state index contributed by atoms with van der Waals surface area (Å²) >= 11 is 0. The fourth-order valence-electron chi connectivity index (χ4n) is 2.85. The maximum atomic E-state index is 5.40. The molecule has 3 rings (SSSR count). The molecule has 6 heteroatoms. The van der Waals surface area contributed by atoms with E-state index in [1.165, 1.54) is 11.1 Å². The van der Waals surface area contributed by atoms with Crippen LogP contribution in [0.2, 0.25) is 0 Å². The van der Waals surface area contributed by atoms with E-state index in [0.717, 1.165) is 44.1 Å². The van der Waals surface area contributed by atoms with Crippen LogP contribution in [0.3, 0.4) is 0 Å².